The van der Waals surface area contributed by atoms with Crippen LogP contribution in [0.25, 0.3) is 0 Å². The molecule has 1 heterocycles. The fourth-order valence-electron chi connectivity index (χ4n) is 1.08. The summed E-state index contributed by atoms with van der Waals surface area (Å²) in [6.07, 6.45) is 2.84. The summed E-state index contributed by atoms with van der Waals surface area (Å²) in [6, 6.07) is 10.9. The van der Waals surface area contributed by atoms with Crippen LogP contribution < -0.4 is 5.73 Å². The summed E-state index contributed by atoms with van der Waals surface area (Å²) in [4.78, 5) is 13.8. The van der Waals surface area contributed by atoms with Crippen molar-refractivity contribution in [2.24, 2.45) is 0 Å². The number of nitrogen functional groups attached to an aromatic ring is 1. The normalized spacial score (nSPS) is 9.00. The number of aromatic carboxylic acids is 1. The van der Waals surface area contributed by atoms with Crippen molar-refractivity contribution >= 4 is 11.7 Å². The minimum atomic E-state index is -0.942. The molecule has 4 heteroatoms. The molecule has 0 fully saturated rings. The van der Waals surface area contributed by atoms with Crippen LogP contribution in [0.2, 0.25) is 0 Å². The van der Waals surface area contributed by atoms with E-state index in [4.69, 9.17) is 10.8 Å². The minimum Gasteiger partial charge on any atom is -0.478 e. The Morgan fingerprint density at radius 2 is 1.94 bits per heavy atom. The molecule has 0 aliphatic carbocycles. The molecule has 4 nitrogen and oxygen atoms in total. The second-order valence-electron chi connectivity index (χ2n) is 3.40. The predicted molar refractivity (Wildman–Crippen MR) is 66.8 cm³/mol. The van der Waals surface area contributed by atoms with E-state index in [0.717, 1.165) is 11.3 Å². The second-order valence-corrected chi connectivity index (χ2v) is 3.40. The third-order valence-corrected chi connectivity index (χ3v) is 2.10. The van der Waals surface area contributed by atoms with E-state index in [0.29, 0.717) is 0 Å². The molecule has 0 saturated heterocycles. The molecule has 3 N–H and O–H groups in total. The number of nitrogens with two attached hydrogens (primary N) is 1. The van der Waals surface area contributed by atoms with Gasteiger partial charge in [-0.05, 0) is 30.7 Å². The Morgan fingerprint density at radius 1 is 1.24 bits per heavy atom. The van der Waals surface area contributed by atoms with Crippen LogP contribution in [0.1, 0.15) is 15.9 Å². The fourth-order valence-corrected chi connectivity index (χ4v) is 1.08. The second kappa shape index (κ2) is 6.27. The Labute approximate surface area is 99.7 Å². The zero-order chi connectivity index (χ0) is 12.7. The van der Waals surface area contributed by atoms with E-state index >= 15 is 0 Å². The fraction of sp³-hybridized carbons (Fsp3) is 0.0769. The molecule has 0 amide bonds. The maximum absolute atomic E-state index is 10.2. The molecule has 88 valence electrons. The molecule has 0 bridgehead atoms. The van der Waals surface area contributed by atoms with Gasteiger partial charge in [0.15, 0.2) is 0 Å². The van der Waals surface area contributed by atoms with Crippen molar-refractivity contribution in [3.8, 4) is 0 Å². The zero-order valence-corrected chi connectivity index (χ0v) is 9.50. The van der Waals surface area contributed by atoms with Crippen LogP contribution in [-0.4, -0.2) is 16.1 Å². The van der Waals surface area contributed by atoms with Crippen LogP contribution >= 0.6 is 0 Å². The Bertz CT molecular complexity index is 463. The van der Waals surface area contributed by atoms with Crippen LogP contribution in [-0.2, 0) is 0 Å². The number of carboxylic acids is 1. The first kappa shape index (κ1) is 12.7. The number of carbonyl (C=O) groups is 1. The smallest absolute Gasteiger partial charge is 0.337 e. The number of nitrogens with zero attached hydrogens (tertiary/aromatic N) is 1. The number of carboxylic acid groups (broad SMARTS) is 1. The number of hydrogen-bond donors (Lipinski definition) is 2. The van der Waals surface area contributed by atoms with Crippen LogP contribution in [0.15, 0.2) is 48.8 Å². The van der Waals surface area contributed by atoms with Gasteiger partial charge in [-0.1, -0.05) is 18.2 Å². The maximum Gasteiger partial charge on any atom is 0.337 e. The van der Waals surface area contributed by atoms with Gasteiger partial charge < -0.3 is 10.8 Å². The summed E-state index contributed by atoms with van der Waals surface area (Å²) >= 11 is 0. The van der Waals surface area contributed by atoms with Crippen LogP contribution in [0, 0.1) is 6.92 Å². The Balaban J connectivity index is 0.000000171. The van der Waals surface area contributed by atoms with Crippen LogP contribution in [0.3, 0.4) is 0 Å². The predicted octanol–water partition coefficient (Wildman–Crippen LogP) is 2.36. The van der Waals surface area contributed by atoms with Crippen molar-refractivity contribution in [1.82, 2.24) is 4.98 Å². The van der Waals surface area contributed by atoms with Crippen molar-refractivity contribution in [3.05, 3.63) is 59.9 Å². The van der Waals surface area contributed by atoms with E-state index in [1.807, 2.05) is 31.2 Å². The van der Waals surface area contributed by atoms with Crippen LogP contribution in [0.5, 0.6) is 0 Å². The molecule has 0 aliphatic rings. The SMILES string of the molecule is Cc1ccccc1N.O=C(O)c1cccnc1. The van der Waals surface area contributed by atoms with Gasteiger partial charge in [-0.3, -0.25) is 4.98 Å². The van der Waals surface area contributed by atoms with Crippen molar-refractivity contribution in [2.75, 3.05) is 5.73 Å². The van der Waals surface area contributed by atoms with E-state index in [9.17, 15) is 4.79 Å². The van der Waals surface area contributed by atoms with Gasteiger partial charge in [-0.25, -0.2) is 4.79 Å². The number of aromatic nitrogens is 1. The average molecular weight is 230 g/mol. The Kier molecular flexibility index (Phi) is 4.69. The lowest BCUT2D eigenvalue weighted by molar-refractivity contribution is 0.0696. The van der Waals surface area contributed by atoms with Gasteiger partial charge in [0.1, 0.15) is 0 Å². The molecule has 0 radical (unpaired) electrons. The largest absolute Gasteiger partial charge is 0.478 e. The molecule has 0 saturated carbocycles. The van der Waals surface area contributed by atoms with Gasteiger partial charge in [0.25, 0.3) is 0 Å². The summed E-state index contributed by atoms with van der Waals surface area (Å²) < 4.78 is 0. The first-order valence-electron chi connectivity index (χ1n) is 5.05. The molecule has 17 heavy (non-hydrogen) atoms. The highest BCUT2D eigenvalue weighted by atomic mass is 16.4. The Hall–Kier alpha value is -2.36. The standard InChI is InChI=1S/C7H9N.C6H5NO2/c1-6-4-2-3-5-7(6)8;8-6(9)5-2-1-3-7-4-5/h2-5H,8H2,1H3;1-4H,(H,8,9). The summed E-state index contributed by atoms with van der Waals surface area (Å²) in [5.41, 5.74) is 7.75. The summed E-state index contributed by atoms with van der Waals surface area (Å²) in [5, 5.41) is 8.34. The highest BCUT2D eigenvalue weighted by Gasteiger charge is 1.97. The van der Waals surface area contributed by atoms with Crippen molar-refractivity contribution < 1.29 is 9.90 Å². The Morgan fingerprint density at radius 3 is 2.29 bits per heavy atom. The number of pyridine rings is 1. The molecular formula is C13H14N2O2. The molecule has 0 atom stereocenters. The van der Waals surface area contributed by atoms with Gasteiger partial charge in [0.2, 0.25) is 0 Å². The van der Waals surface area contributed by atoms with E-state index in [2.05, 4.69) is 4.98 Å². The highest BCUT2D eigenvalue weighted by molar-refractivity contribution is 5.86. The third kappa shape index (κ3) is 4.34. The van der Waals surface area contributed by atoms with Crippen molar-refractivity contribution in [1.29, 1.82) is 0 Å². The summed E-state index contributed by atoms with van der Waals surface area (Å²) in [7, 11) is 0. The zero-order valence-electron chi connectivity index (χ0n) is 9.50. The van der Waals surface area contributed by atoms with Gasteiger partial charge in [-0.2, -0.15) is 0 Å². The van der Waals surface area contributed by atoms with E-state index < -0.39 is 5.97 Å². The lowest BCUT2D eigenvalue weighted by Crippen LogP contribution is -1.94. The average Bonchev–Trinajstić information content (AvgIpc) is 2.35. The van der Waals surface area contributed by atoms with Gasteiger partial charge in [0.05, 0.1) is 5.56 Å². The van der Waals surface area contributed by atoms with Crippen LogP contribution in [0.4, 0.5) is 5.69 Å². The third-order valence-electron chi connectivity index (χ3n) is 2.10. The summed E-state index contributed by atoms with van der Waals surface area (Å²) in [5.74, 6) is -0.942. The number of para-hydroxylation sites is 1. The molecule has 1 aromatic carbocycles. The minimum absolute atomic E-state index is 0.220. The quantitative estimate of drug-likeness (QED) is 0.737. The first-order valence-corrected chi connectivity index (χ1v) is 5.05. The van der Waals surface area contributed by atoms with Crippen molar-refractivity contribution in [2.45, 2.75) is 6.92 Å². The molecule has 0 aliphatic heterocycles. The molecular weight excluding hydrogens is 216 g/mol. The molecule has 2 rings (SSSR count). The van der Waals surface area contributed by atoms with Crippen molar-refractivity contribution in [3.63, 3.8) is 0 Å². The monoisotopic (exact) mass is 230 g/mol. The van der Waals surface area contributed by atoms with Gasteiger partial charge in [-0.15, -0.1) is 0 Å². The highest BCUT2D eigenvalue weighted by Crippen LogP contribution is 2.06. The maximum atomic E-state index is 10.2. The van der Waals surface area contributed by atoms with E-state index in [1.165, 1.54) is 18.5 Å². The topological polar surface area (TPSA) is 76.2 Å². The van der Waals surface area contributed by atoms with Gasteiger partial charge in [0, 0.05) is 18.1 Å². The van der Waals surface area contributed by atoms with Gasteiger partial charge >= 0.3 is 5.97 Å². The number of hydrogen-bond acceptors (Lipinski definition) is 3. The summed E-state index contributed by atoms with van der Waals surface area (Å²) in [6.45, 7) is 2.00. The molecule has 2 aromatic rings. The van der Waals surface area contributed by atoms with E-state index in [1.54, 1.807) is 6.07 Å². The van der Waals surface area contributed by atoms with E-state index in [-0.39, 0.29) is 5.56 Å². The lowest BCUT2D eigenvalue weighted by atomic mass is 10.2. The molecule has 0 unspecified atom stereocenters. The molecule has 0 spiro atoms. The number of anilines is 1. The number of benzene rings is 1. The lowest BCUT2D eigenvalue weighted by Gasteiger charge is -1.93. The molecule has 1 aromatic heterocycles. The number of rotatable bonds is 1. The first-order chi connectivity index (χ1) is 8.11. The number of aryl methyl sites for hydroxylation is 1.